The van der Waals surface area contributed by atoms with Crippen LogP contribution in [-0.2, 0) is 0 Å². The minimum Gasteiger partial charge on any atom is -0.491 e. The average molecular weight is 327 g/mol. The van der Waals surface area contributed by atoms with Crippen LogP contribution in [0, 0.1) is 6.92 Å². The Morgan fingerprint density at radius 1 is 0.917 bits per heavy atom. The smallest absolute Gasteiger partial charge is 0.121 e. The van der Waals surface area contributed by atoms with E-state index in [1.807, 2.05) is 30.3 Å². The Balaban J connectivity index is 1.91. The highest BCUT2D eigenvalue weighted by Crippen LogP contribution is 2.20. The van der Waals surface area contributed by atoms with Gasteiger partial charge in [0.15, 0.2) is 0 Å². The Labute approximate surface area is 146 Å². The summed E-state index contributed by atoms with van der Waals surface area (Å²) in [7, 11) is 0. The minimum atomic E-state index is 0.130. The van der Waals surface area contributed by atoms with Gasteiger partial charge in [0, 0.05) is 11.8 Å². The van der Waals surface area contributed by atoms with E-state index in [0.29, 0.717) is 0 Å². The topological polar surface area (TPSA) is 30.5 Å². The van der Waals surface area contributed by atoms with Gasteiger partial charge in [-0.15, -0.1) is 0 Å². The fraction of sp³-hybridized carbons (Fsp3) is 0.429. The maximum atomic E-state index is 6.08. The molecule has 0 saturated carbocycles. The van der Waals surface area contributed by atoms with E-state index in [9.17, 15) is 0 Å². The van der Waals surface area contributed by atoms with Gasteiger partial charge in [-0.3, -0.25) is 0 Å². The summed E-state index contributed by atoms with van der Waals surface area (Å²) in [5, 5.41) is 3.46. The van der Waals surface area contributed by atoms with E-state index in [1.165, 1.54) is 5.56 Å². The SMILES string of the molecule is CCC(C)Oc1cccc(NCC(CC)Oc2cccc(C)c2)c1. The molecular weight excluding hydrogens is 298 g/mol. The summed E-state index contributed by atoms with van der Waals surface area (Å²) in [5.41, 5.74) is 2.27. The molecule has 2 aromatic carbocycles. The molecule has 0 aliphatic heterocycles. The Morgan fingerprint density at radius 3 is 2.29 bits per heavy atom. The van der Waals surface area contributed by atoms with Crippen LogP contribution < -0.4 is 14.8 Å². The van der Waals surface area contributed by atoms with Gasteiger partial charge in [0.25, 0.3) is 0 Å². The van der Waals surface area contributed by atoms with Gasteiger partial charge in [-0.25, -0.2) is 0 Å². The van der Waals surface area contributed by atoms with Crippen LogP contribution in [-0.4, -0.2) is 18.8 Å². The molecule has 0 bridgehead atoms. The highest BCUT2D eigenvalue weighted by atomic mass is 16.5. The summed E-state index contributed by atoms with van der Waals surface area (Å²) >= 11 is 0. The van der Waals surface area contributed by atoms with Crippen molar-refractivity contribution in [3.8, 4) is 11.5 Å². The lowest BCUT2D eigenvalue weighted by molar-refractivity contribution is 0.209. The van der Waals surface area contributed by atoms with E-state index in [1.54, 1.807) is 0 Å². The van der Waals surface area contributed by atoms with E-state index in [0.717, 1.165) is 36.6 Å². The van der Waals surface area contributed by atoms with E-state index in [2.05, 4.69) is 51.2 Å². The third kappa shape index (κ3) is 5.80. The van der Waals surface area contributed by atoms with E-state index in [4.69, 9.17) is 9.47 Å². The van der Waals surface area contributed by atoms with E-state index in [-0.39, 0.29) is 12.2 Å². The molecule has 0 amide bonds. The number of nitrogens with one attached hydrogen (secondary N) is 1. The summed E-state index contributed by atoms with van der Waals surface area (Å²) in [6.45, 7) is 9.20. The normalized spacial score (nSPS) is 13.2. The second-order valence-electron chi connectivity index (χ2n) is 6.21. The number of rotatable bonds is 9. The van der Waals surface area contributed by atoms with Gasteiger partial charge in [-0.1, -0.05) is 32.0 Å². The molecule has 130 valence electrons. The molecule has 0 aromatic heterocycles. The quantitative estimate of drug-likeness (QED) is 0.665. The van der Waals surface area contributed by atoms with Crippen LogP contribution in [0.4, 0.5) is 5.69 Å². The van der Waals surface area contributed by atoms with Crippen molar-refractivity contribution >= 4 is 5.69 Å². The Morgan fingerprint density at radius 2 is 1.62 bits per heavy atom. The first-order valence-electron chi connectivity index (χ1n) is 8.84. The summed E-state index contributed by atoms with van der Waals surface area (Å²) in [4.78, 5) is 0. The molecule has 0 heterocycles. The third-order valence-corrected chi connectivity index (χ3v) is 4.03. The van der Waals surface area contributed by atoms with Gasteiger partial charge < -0.3 is 14.8 Å². The second kappa shape index (κ2) is 9.21. The number of hydrogen-bond donors (Lipinski definition) is 1. The summed E-state index contributed by atoms with van der Waals surface area (Å²) < 4.78 is 12.0. The van der Waals surface area contributed by atoms with E-state index < -0.39 is 0 Å². The van der Waals surface area contributed by atoms with Gasteiger partial charge in [0.1, 0.15) is 17.6 Å². The van der Waals surface area contributed by atoms with E-state index >= 15 is 0 Å². The van der Waals surface area contributed by atoms with Gasteiger partial charge in [0.05, 0.1) is 12.6 Å². The molecule has 2 unspecified atom stereocenters. The van der Waals surface area contributed by atoms with Crippen molar-refractivity contribution in [2.24, 2.45) is 0 Å². The molecule has 3 heteroatoms. The number of anilines is 1. The van der Waals surface area contributed by atoms with Crippen molar-refractivity contribution in [3.63, 3.8) is 0 Å². The maximum Gasteiger partial charge on any atom is 0.121 e. The molecule has 2 aromatic rings. The lowest BCUT2D eigenvalue weighted by atomic mass is 10.2. The van der Waals surface area contributed by atoms with Crippen LogP contribution in [0.1, 0.15) is 39.2 Å². The van der Waals surface area contributed by atoms with Crippen LogP contribution in [0.15, 0.2) is 48.5 Å². The fourth-order valence-corrected chi connectivity index (χ4v) is 2.38. The molecule has 1 N–H and O–H groups in total. The zero-order chi connectivity index (χ0) is 17.4. The molecular formula is C21H29NO2. The lowest BCUT2D eigenvalue weighted by Crippen LogP contribution is -2.25. The van der Waals surface area contributed by atoms with Crippen molar-refractivity contribution in [2.75, 3.05) is 11.9 Å². The molecule has 0 fully saturated rings. The summed E-state index contributed by atoms with van der Waals surface area (Å²) in [6.07, 6.45) is 2.31. The summed E-state index contributed by atoms with van der Waals surface area (Å²) in [6, 6.07) is 16.3. The van der Waals surface area contributed by atoms with Crippen LogP contribution in [0.25, 0.3) is 0 Å². The molecule has 0 aliphatic carbocycles. The molecule has 0 aliphatic rings. The number of benzene rings is 2. The van der Waals surface area contributed by atoms with Gasteiger partial charge in [-0.05, 0) is 56.5 Å². The standard InChI is InChI=1S/C21H29NO2/c1-5-17(4)23-21-12-8-10-18(14-21)22-15-19(6-2)24-20-11-7-9-16(3)13-20/h7-14,17,19,22H,5-6,15H2,1-4H3. The molecule has 0 radical (unpaired) electrons. The first kappa shape index (κ1) is 18.2. The Bertz CT molecular complexity index is 627. The largest absolute Gasteiger partial charge is 0.491 e. The molecule has 3 nitrogen and oxygen atoms in total. The second-order valence-corrected chi connectivity index (χ2v) is 6.21. The van der Waals surface area contributed by atoms with Crippen molar-refractivity contribution < 1.29 is 9.47 Å². The van der Waals surface area contributed by atoms with Crippen molar-refractivity contribution in [1.82, 2.24) is 0 Å². The zero-order valence-electron chi connectivity index (χ0n) is 15.2. The molecule has 2 atom stereocenters. The number of hydrogen-bond acceptors (Lipinski definition) is 3. The molecule has 0 saturated heterocycles. The molecule has 0 spiro atoms. The first-order valence-corrected chi connectivity index (χ1v) is 8.84. The Kier molecular flexibility index (Phi) is 6.98. The van der Waals surface area contributed by atoms with Crippen LogP contribution >= 0.6 is 0 Å². The average Bonchev–Trinajstić information content (AvgIpc) is 2.59. The zero-order valence-corrected chi connectivity index (χ0v) is 15.2. The highest BCUT2D eigenvalue weighted by molar-refractivity contribution is 5.48. The predicted octanol–water partition coefficient (Wildman–Crippen LogP) is 5.44. The molecule has 24 heavy (non-hydrogen) atoms. The third-order valence-electron chi connectivity index (χ3n) is 4.03. The Hall–Kier alpha value is -2.16. The van der Waals surface area contributed by atoms with Crippen molar-refractivity contribution in [3.05, 3.63) is 54.1 Å². The van der Waals surface area contributed by atoms with Crippen molar-refractivity contribution in [1.29, 1.82) is 0 Å². The summed E-state index contributed by atoms with van der Waals surface area (Å²) in [5.74, 6) is 1.83. The minimum absolute atomic E-state index is 0.130. The number of aryl methyl sites for hydroxylation is 1. The monoisotopic (exact) mass is 327 g/mol. The number of ether oxygens (including phenoxy) is 2. The van der Waals surface area contributed by atoms with Gasteiger partial charge in [0.2, 0.25) is 0 Å². The molecule has 2 rings (SSSR count). The van der Waals surface area contributed by atoms with Gasteiger partial charge >= 0.3 is 0 Å². The maximum absolute atomic E-state index is 6.08. The van der Waals surface area contributed by atoms with Crippen LogP contribution in [0.5, 0.6) is 11.5 Å². The fourth-order valence-electron chi connectivity index (χ4n) is 2.38. The van der Waals surface area contributed by atoms with Crippen LogP contribution in [0.2, 0.25) is 0 Å². The predicted molar refractivity (Wildman–Crippen MR) is 101 cm³/mol. The lowest BCUT2D eigenvalue weighted by Gasteiger charge is -2.20. The van der Waals surface area contributed by atoms with Crippen molar-refractivity contribution in [2.45, 2.75) is 52.7 Å². The van der Waals surface area contributed by atoms with Crippen LogP contribution in [0.3, 0.4) is 0 Å². The highest BCUT2D eigenvalue weighted by Gasteiger charge is 2.09. The first-order chi connectivity index (χ1) is 11.6. The van der Waals surface area contributed by atoms with Gasteiger partial charge in [-0.2, -0.15) is 0 Å².